The highest BCUT2D eigenvalue weighted by molar-refractivity contribution is 9.10. The molecule has 0 N–H and O–H groups in total. The van der Waals surface area contributed by atoms with E-state index >= 15 is 0 Å². The fourth-order valence-electron chi connectivity index (χ4n) is 3.48. The SMILES string of the molecule is Cc1ccc(-c2c(C)noc2C)cc1N(C)c1ccc(-n2ccnc2)c(Br)c1. The Morgan fingerprint density at radius 3 is 2.54 bits per heavy atom. The van der Waals surface area contributed by atoms with Gasteiger partial charge >= 0.3 is 0 Å². The van der Waals surface area contributed by atoms with Crippen LogP contribution >= 0.6 is 15.9 Å². The van der Waals surface area contributed by atoms with E-state index in [1.54, 1.807) is 12.5 Å². The Balaban J connectivity index is 1.73. The van der Waals surface area contributed by atoms with E-state index in [1.165, 1.54) is 5.56 Å². The lowest BCUT2D eigenvalue weighted by Crippen LogP contribution is -2.11. The summed E-state index contributed by atoms with van der Waals surface area (Å²) >= 11 is 3.70. The highest BCUT2D eigenvalue weighted by atomic mass is 79.9. The average Bonchev–Trinajstić information content (AvgIpc) is 3.32. The predicted molar refractivity (Wildman–Crippen MR) is 115 cm³/mol. The van der Waals surface area contributed by atoms with Crippen LogP contribution in [0.4, 0.5) is 11.4 Å². The van der Waals surface area contributed by atoms with Gasteiger partial charge in [-0.3, -0.25) is 0 Å². The smallest absolute Gasteiger partial charge is 0.141 e. The molecule has 2 heterocycles. The number of imidazole rings is 1. The molecule has 5 nitrogen and oxygen atoms in total. The molecule has 4 rings (SSSR count). The molecule has 142 valence electrons. The second kappa shape index (κ2) is 7.28. The van der Waals surface area contributed by atoms with Crippen LogP contribution in [0.1, 0.15) is 17.0 Å². The van der Waals surface area contributed by atoms with Gasteiger partial charge in [0.1, 0.15) is 5.76 Å². The summed E-state index contributed by atoms with van der Waals surface area (Å²) in [4.78, 5) is 6.32. The molecule has 0 saturated carbocycles. The fraction of sp³-hybridized carbons (Fsp3) is 0.182. The normalized spacial score (nSPS) is 11.0. The second-order valence-corrected chi connectivity index (χ2v) is 7.72. The van der Waals surface area contributed by atoms with Gasteiger partial charge in [0.2, 0.25) is 0 Å². The van der Waals surface area contributed by atoms with E-state index in [2.05, 4.69) is 81.3 Å². The molecular formula is C22H21BrN4O. The van der Waals surface area contributed by atoms with Crippen LogP contribution < -0.4 is 4.90 Å². The first-order valence-electron chi connectivity index (χ1n) is 9.01. The fourth-order valence-corrected chi connectivity index (χ4v) is 4.05. The van der Waals surface area contributed by atoms with Crippen molar-refractivity contribution in [1.29, 1.82) is 0 Å². The highest BCUT2D eigenvalue weighted by Gasteiger charge is 2.15. The van der Waals surface area contributed by atoms with Crippen molar-refractivity contribution in [3.8, 4) is 16.8 Å². The van der Waals surface area contributed by atoms with Crippen molar-refractivity contribution in [2.24, 2.45) is 0 Å². The Bertz CT molecular complexity index is 1110. The van der Waals surface area contributed by atoms with Crippen molar-refractivity contribution >= 4 is 27.3 Å². The molecular weight excluding hydrogens is 416 g/mol. The van der Waals surface area contributed by atoms with Gasteiger partial charge in [0.15, 0.2) is 0 Å². The van der Waals surface area contributed by atoms with Crippen LogP contribution in [0, 0.1) is 20.8 Å². The van der Waals surface area contributed by atoms with E-state index in [0.717, 1.165) is 44.1 Å². The first-order valence-corrected chi connectivity index (χ1v) is 9.80. The van der Waals surface area contributed by atoms with Crippen LogP contribution in [-0.4, -0.2) is 21.8 Å². The number of nitrogens with zero attached hydrogens (tertiary/aromatic N) is 4. The minimum atomic E-state index is 0.836. The lowest BCUT2D eigenvalue weighted by Gasteiger charge is -2.23. The summed E-state index contributed by atoms with van der Waals surface area (Å²) in [6.45, 7) is 6.05. The Hall–Kier alpha value is -2.86. The third-order valence-corrected chi connectivity index (χ3v) is 5.63. The van der Waals surface area contributed by atoms with Crippen LogP contribution in [0.2, 0.25) is 0 Å². The molecule has 6 heteroatoms. The molecule has 0 aliphatic carbocycles. The number of benzene rings is 2. The summed E-state index contributed by atoms with van der Waals surface area (Å²) in [5.74, 6) is 0.836. The summed E-state index contributed by atoms with van der Waals surface area (Å²) in [6.07, 6.45) is 5.50. The molecule has 4 aromatic rings. The summed E-state index contributed by atoms with van der Waals surface area (Å²) < 4.78 is 8.34. The van der Waals surface area contributed by atoms with Gasteiger partial charge in [-0.1, -0.05) is 17.3 Å². The minimum absolute atomic E-state index is 0.836. The van der Waals surface area contributed by atoms with Gasteiger partial charge in [-0.2, -0.15) is 0 Å². The number of halogens is 1. The third-order valence-electron chi connectivity index (χ3n) is 4.99. The molecule has 0 saturated heterocycles. The van der Waals surface area contributed by atoms with Crippen LogP contribution in [0.3, 0.4) is 0 Å². The Morgan fingerprint density at radius 1 is 1.07 bits per heavy atom. The van der Waals surface area contributed by atoms with E-state index in [4.69, 9.17) is 4.52 Å². The van der Waals surface area contributed by atoms with Gasteiger partial charge in [-0.15, -0.1) is 0 Å². The summed E-state index contributed by atoms with van der Waals surface area (Å²) in [7, 11) is 2.08. The minimum Gasteiger partial charge on any atom is -0.361 e. The molecule has 0 bridgehead atoms. The monoisotopic (exact) mass is 436 g/mol. The van der Waals surface area contributed by atoms with Crippen molar-refractivity contribution in [3.05, 3.63) is 76.6 Å². The predicted octanol–water partition coefficient (Wildman–Crippen LogP) is 5.98. The van der Waals surface area contributed by atoms with Gasteiger partial charge in [-0.25, -0.2) is 4.98 Å². The average molecular weight is 437 g/mol. The summed E-state index contributed by atoms with van der Waals surface area (Å²) in [6, 6.07) is 12.8. The van der Waals surface area contributed by atoms with Gasteiger partial charge < -0.3 is 14.0 Å². The maximum atomic E-state index is 5.35. The molecule has 0 spiro atoms. The van der Waals surface area contributed by atoms with Gasteiger partial charge in [0.25, 0.3) is 0 Å². The zero-order valence-electron chi connectivity index (χ0n) is 16.3. The zero-order chi connectivity index (χ0) is 19.8. The molecule has 0 fully saturated rings. The topological polar surface area (TPSA) is 47.1 Å². The van der Waals surface area contributed by atoms with Crippen LogP contribution in [0.25, 0.3) is 16.8 Å². The number of hydrogen-bond donors (Lipinski definition) is 0. The van der Waals surface area contributed by atoms with Crippen molar-refractivity contribution in [3.63, 3.8) is 0 Å². The number of rotatable bonds is 4. The quantitative estimate of drug-likeness (QED) is 0.394. The van der Waals surface area contributed by atoms with Crippen molar-refractivity contribution in [2.45, 2.75) is 20.8 Å². The molecule has 0 radical (unpaired) electrons. The van der Waals surface area contributed by atoms with E-state index in [1.807, 2.05) is 24.6 Å². The van der Waals surface area contributed by atoms with E-state index < -0.39 is 0 Å². The van der Waals surface area contributed by atoms with E-state index in [0.29, 0.717) is 0 Å². The summed E-state index contributed by atoms with van der Waals surface area (Å²) in [5.41, 5.74) is 7.56. The summed E-state index contributed by atoms with van der Waals surface area (Å²) in [5, 5.41) is 4.09. The second-order valence-electron chi connectivity index (χ2n) is 6.87. The lowest BCUT2D eigenvalue weighted by atomic mass is 10.0. The third kappa shape index (κ3) is 3.24. The van der Waals surface area contributed by atoms with Crippen LogP contribution in [-0.2, 0) is 0 Å². The van der Waals surface area contributed by atoms with E-state index in [9.17, 15) is 0 Å². The number of hydrogen-bond acceptors (Lipinski definition) is 4. The Labute approximate surface area is 172 Å². The first-order chi connectivity index (χ1) is 13.5. The molecule has 28 heavy (non-hydrogen) atoms. The van der Waals surface area contributed by atoms with Gasteiger partial charge in [0.05, 0.1) is 17.7 Å². The number of aromatic nitrogens is 3. The number of anilines is 2. The molecule has 0 aliphatic heterocycles. The van der Waals surface area contributed by atoms with Crippen molar-refractivity contribution < 1.29 is 4.52 Å². The molecule has 0 atom stereocenters. The van der Waals surface area contributed by atoms with Crippen molar-refractivity contribution in [1.82, 2.24) is 14.7 Å². The molecule has 0 amide bonds. The van der Waals surface area contributed by atoms with Gasteiger partial charge in [-0.05, 0) is 72.1 Å². The largest absolute Gasteiger partial charge is 0.361 e. The molecule has 2 aromatic heterocycles. The number of aryl methyl sites for hydroxylation is 3. The standard InChI is InChI=1S/C22H21BrN4O/c1-14-5-6-17(22-15(2)25-28-16(22)3)11-21(14)26(4)18-7-8-20(19(23)12-18)27-10-9-24-13-27/h5-13H,1-4H3. The van der Waals surface area contributed by atoms with Crippen LogP contribution in [0.15, 0.2) is 64.1 Å². The lowest BCUT2D eigenvalue weighted by molar-refractivity contribution is 0.393. The van der Waals surface area contributed by atoms with E-state index in [-0.39, 0.29) is 0 Å². The Morgan fingerprint density at radius 2 is 1.89 bits per heavy atom. The van der Waals surface area contributed by atoms with Crippen LogP contribution in [0.5, 0.6) is 0 Å². The maximum Gasteiger partial charge on any atom is 0.141 e. The Kier molecular flexibility index (Phi) is 4.81. The molecule has 0 aliphatic rings. The van der Waals surface area contributed by atoms with Gasteiger partial charge in [0, 0.05) is 40.9 Å². The molecule has 2 aromatic carbocycles. The molecule has 0 unspecified atom stereocenters. The highest BCUT2D eigenvalue weighted by Crippen LogP contribution is 2.35. The first kappa shape index (κ1) is 18.5. The zero-order valence-corrected chi connectivity index (χ0v) is 17.9. The maximum absolute atomic E-state index is 5.35. The van der Waals surface area contributed by atoms with Crippen molar-refractivity contribution in [2.75, 3.05) is 11.9 Å².